The van der Waals surface area contributed by atoms with E-state index in [4.69, 9.17) is 6.42 Å². The third-order valence-corrected chi connectivity index (χ3v) is 8.15. The predicted octanol–water partition coefficient (Wildman–Crippen LogP) is 5.78. The Bertz CT molecular complexity index is 1820. The SMILES string of the molecule is C#CCCNc1cc(-c2cnccc2-c2nncn2C)cc(N2Cc3c(cc(CN4CCC(F)(F)CC4)cc3C(F)(F)F)C2=O)n1. The second-order valence-corrected chi connectivity index (χ2v) is 11.4. The number of carbonyl (C=O) groups excluding carboxylic acids is 1. The van der Waals surface area contributed by atoms with E-state index in [-0.39, 0.29) is 61.5 Å². The van der Waals surface area contributed by atoms with Crippen molar-refractivity contribution in [2.75, 3.05) is 29.9 Å². The summed E-state index contributed by atoms with van der Waals surface area (Å²) >= 11 is 0. The summed E-state index contributed by atoms with van der Waals surface area (Å²) in [6.07, 6.45) is 5.10. The molecule has 14 heteroatoms. The second kappa shape index (κ2) is 12.1. The van der Waals surface area contributed by atoms with Gasteiger partial charge in [0.25, 0.3) is 11.8 Å². The maximum Gasteiger partial charge on any atom is 0.416 e. The lowest BCUT2D eigenvalue weighted by atomic mass is 9.98. The first-order valence-electron chi connectivity index (χ1n) is 14.6. The van der Waals surface area contributed by atoms with Crippen molar-refractivity contribution in [1.82, 2.24) is 29.6 Å². The van der Waals surface area contributed by atoms with Gasteiger partial charge in [-0.25, -0.2) is 13.8 Å². The van der Waals surface area contributed by atoms with Crippen LogP contribution in [0.25, 0.3) is 22.5 Å². The lowest BCUT2D eigenvalue weighted by Gasteiger charge is -2.31. The van der Waals surface area contributed by atoms with E-state index in [0.29, 0.717) is 41.3 Å². The van der Waals surface area contributed by atoms with Crippen molar-refractivity contribution < 1.29 is 26.7 Å². The van der Waals surface area contributed by atoms with Gasteiger partial charge in [0, 0.05) is 81.6 Å². The number of pyridine rings is 2. The van der Waals surface area contributed by atoms with Crippen LogP contribution in [0, 0.1) is 12.3 Å². The minimum absolute atomic E-state index is 0.0164. The number of anilines is 2. The number of piperidine rings is 1. The Hall–Kier alpha value is -4.90. The number of alkyl halides is 5. The van der Waals surface area contributed by atoms with Gasteiger partial charge in [0.05, 0.1) is 12.1 Å². The summed E-state index contributed by atoms with van der Waals surface area (Å²) in [5.74, 6) is 0.144. The largest absolute Gasteiger partial charge is 0.416 e. The predicted molar refractivity (Wildman–Crippen MR) is 161 cm³/mol. The highest BCUT2D eigenvalue weighted by atomic mass is 19.4. The van der Waals surface area contributed by atoms with Gasteiger partial charge in [0.1, 0.15) is 18.0 Å². The first kappa shape index (κ1) is 31.1. The zero-order valence-corrected chi connectivity index (χ0v) is 24.8. The average Bonchev–Trinajstić information content (AvgIpc) is 3.60. The van der Waals surface area contributed by atoms with Crippen LogP contribution in [0.1, 0.15) is 46.3 Å². The molecule has 1 saturated heterocycles. The van der Waals surface area contributed by atoms with Crippen LogP contribution in [0.5, 0.6) is 0 Å². The molecule has 0 aliphatic carbocycles. The fourth-order valence-electron chi connectivity index (χ4n) is 5.80. The molecule has 46 heavy (non-hydrogen) atoms. The molecule has 1 aromatic carbocycles. The molecule has 0 saturated carbocycles. The number of hydrogen-bond acceptors (Lipinski definition) is 7. The number of rotatable bonds is 8. The van der Waals surface area contributed by atoms with Crippen LogP contribution >= 0.6 is 0 Å². The van der Waals surface area contributed by atoms with E-state index in [1.54, 1.807) is 53.4 Å². The number of fused-ring (bicyclic) bond motifs is 1. The van der Waals surface area contributed by atoms with E-state index >= 15 is 0 Å². The smallest absolute Gasteiger partial charge is 0.369 e. The van der Waals surface area contributed by atoms with Gasteiger partial charge in [-0.1, -0.05) is 0 Å². The number of benzene rings is 1. The molecule has 0 spiro atoms. The van der Waals surface area contributed by atoms with Crippen LogP contribution in [0.4, 0.5) is 33.6 Å². The number of hydrogen-bond donors (Lipinski definition) is 1. The number of terminal acetylenes is 1. The van der Waals surface area contributed by atoms with Crippen molar-refractivity contribution in [3.8, 4) is 34.9 Å². The monoisotopic (exact) mass is 636 g/mol. The number of aryl methyl sites for hydroxylation is 1. The number of likely N-dealkylation sites (tertiary alicyclic amines) is 1. The van der Waals surface area contributed by atoms with E-state index in [0.717, 1.165) is 6.07 Å². The summed E-state index contributed by atoms with van der Waals surface area (Å²) < 4.78 is 72.3. The van der Waals surface area contributed by atoms with E-state index < -0.39 is 23.6 Å². The van der Waals surface area contributed by atoms with E-state index in [1.165, 1.54) is 11.0 Å². The third kappa shape index (κ3) is 6.28. The normalized spacial score (nSPS) is 16.4. The molecule has 4 aromatic rings. The van der Waals surface area contributed by atoms with Crippen LogP contribution in [-0.4, -0.2) is 61.1 Å². The molecular formula is C32H29F5N8O. The summed E-state index contributed by atoms with van der Waals surface area (Å²) in [6.45, 7) is 0.115. The standard InChI is InChI=1S/C32H29F5N8O/c1-3-4-8-39-27-14-21(24-16-38-9-5-22(24)29-42-40-19-43(29)2)15-28(41-27)45-18-25-23(30(45)46)12-20(13-26(25)32(35,36)37)17-44-10-6-31(33,34)7-11-44/h1,5,9,12-16,19H,4,6-8,10-11,17-18H2,2H3,(H,39,41). The fraction of sp³-hybridized carbons (Fsp3) is 0.344. The lowest BCUT2D eigenvalue weighted by Crippen LogP contribution is -2.38. The second-order valence-electron chi connectivity index (χ2n) is 11.4. The molecule has 0 radical (unpaired) electrons. The molecule has 1 amide bonds. The molecule has 5 heterocycles. The molecule has 0 bridgehead atoms. The zero-order chi connectivity index (χ0) is 32.6. The summed E-state index contributed by atoms with van der Waals surface area (Å²) in [5, 5.41) is 11.3. The van der Waals surface area contributed by atoms with Crippen LogP contribution in [0.2, 0.25) is 0 Å². The van der Waals surface area contributed by atoms with Gasteiger partial charge in [-0.15, -0.1) is 22.5 Å². The number of nitrogens with zero attached hydrogens (tertiary/aromatic N) is 7. The number of carbonyl (C=O) groups is 1. The van der Waals surface area contributed by atoms with Crippen molar-refractivity contribution in [3.63, 3.8) is 0 Å². The van der Waals surface area contributed by atoms with Crippen LogP contribution in [0.3, 0.4) is 0 Å². The van der Waals surface area contributed by atoms with Gasteiger partial charge in [-0.05, 0) is 47.0 Å². The molecule has 238 valence electrons. The van der Waals surface area contributed by atoms with Crippen LogP contribution in [-0.2, 0) is 26.3 Å². The maximum atomic E-state index is 14.4. The first-order chi connectivity index (χ1) is 21.9. The number of nitrogens with one attached hydrogen (secondary N) is 1. The van der Waals surface area contributed by atoms with Gasteiger partial charge < -0.3 is 9.88 Å². The Kier molecular flexibility index (Phi) is 8.20. The van der Waals surface area contributed by atoms with Crippen LogP contribution in [0.15, 0.2) is 49.1 Å². The molecule has 1 N–H and O–H groups in total. The van der Waals surface area contributed by atoms with Gasteiger partial charge in [0.15, 0.2) is 5.82 Å². The molecule has 0 atom stereocenters. The molecule has 6 rings (SSSR count). The van der Waals surface area contributed by atoms with Crippen LogP contribution < -0.4 is 10.2 Å². The summed E-state index contributed by atoms with van der Waals surface area (Å²) in [6, 6.07) is 7.58. The molecule has 1 fully saturated rings. The van der Waals surface area contributed by atoms with Gasteiger partial charge >= 0.3 is 6.18 Å². The van der Waals surface area contributed by atoms with Crippen molar-refractivity contribution >= 4 is 17.5 Å². The molecule has 2 aliphatic heterocycles. The van der Waals surface area contributed by atoms with Gasteiger partial charge in [0.2, 0.25) is 0 Å². The summed E-state index contributed by atoms with van der Waals surface area (Å²) in [7, 11) is 1.79. The Morgan fingerprint density at radius 3 is 2.57 bits per heavy atom. The lowest BCUT2D eigenvalue weighted by molar-refractivity contribution is -0.138. The zero-order valence-electron chi connectivity index (χ0n) is 24.8. The highest BCUT2D eigenvalue weighted by molar-refractivity contribution is 6.10. The van der Waals surface area contributed by atoms with E-state index in [1.807, 2.05) is 0 Å². The number of aromatic nitrogens is 5. The highest BCUT2D eigenvalue weighted by Crippen LogP contribution is 2.41. The van der Waals surface area contributed by atoms with E-state index in [9.17, 15) is 26.7 Å². The average molecular weight is 637 g/mol. The number of halogens is 5. The third-order valence-electron chi connectivity index (χ3n) is 8.15. The maximum absolute atomic E-state index is 14.4. The first-order valence-corrected chi connectivity index (χ1v) is 14.6. The minimum Gasteiger partial charge on any atom is -0.369 e. The highest BCUT2D eigenvalue weighted by Gasteiger charge is 2.41. The quantitative estimate of drug-likeness (QED) is 0.149. The van der Waals surface area contributed by atoms with E-state index in [2.05, 4.69) is 31.4 Å². The molecule has 0 unspecified atom stereocenters. The molecular weight excluding hydrogens is 607 g/mol. The van der Waals surface area contributed by atoms with Crippen molar-refractivity contribution in [2.24, 2.45) is 7.05 Å². The Labute approximate surface area is 261 Å². The Morgan fingerprint density at radius 2 is 1.87 bits per heavy atom. The number of amides is 1. The fourth-order valence-corrected chi connectivity index (χ4v) is 5.80. The van der Waals surface area contributed by atoms with Crippen molar-refractivity contribution in [3.05, 3.63) is 71.3 Å². The summed E-state index contributed by atoms with van der Waals surface area (Å²) in [5.41, 5.74) is 0.951. The van der Waals surface area contributed by atoms with Gasteiger partial charge in [-0.2, -0.15) is 13.2 Å². The molecule has 2 aliphatic rings. The van der Waals surface area contributed by atoms with Crippen molar-refractivity contribution in [1.29, 1.82) is 0 Å². The Balaban J connectivity index is 1.39. The molecule has 9 nitrogen and oxygen atoms in total. The topological polar surface area (TPSA) is 92.1 Å². The minimum atomic E-state index is -4.75. The van der Waals surface area contributed by atoms with Crippen molar-refractivity contribution in [2.45, 2.75) is 44.5 Å². The molecule has 3 aromatic heterocycles. The van der Waals surface area contributed by atoms with Gasteiger partial charge in [-0.3, -0.25) is 19.6 Å². The summed E-state index contributed by atoms with van der Waals surface area (Å²) in [4.78, 5) is 25.6. The Morgan fingerprint density at radius 1 is 1.09 bits per heavy atom.